The molecule has 0 fully saturated rings. The van der Waals surface area contributed by atoms with Crippen molar-refractivity contribution in [2.75, 3.05) is 10.6 Å². The maximum Gasteiger partial charge on any atom is 0.416 e. The molecular weight excluding hydrogens is 309 g/mol. The molecule has 0 heterocycles. The molecular formula is C16H13F3N2O2. The summed E-state index contributed by atoms with van der Waals surface area (Å²) in [6, 6.07) is 10.7. The summed E-state index contributed by atoms with van der Waals surface area (Å²) in [6.07, 6.45) is -4.45. The number of rotatable bonds is 2. The number of amides is 2. The minimum atomic E-state index is -4.45. The topological polar surface area (TPSA) is 58.2 Å². The SMILES string of the molecule is Cc1cccc(NC(=O)C(=O)Nc2ccc(C(F)(F)F)cc2)c1. The van der Waals surface area contributed by atoms with Crippen LogP contribution in [0.3, 0.4) is 0 Å². The number of aryl methyl sites for hydroxylation is 1. The molecule has 2 rings (SSSR count). The zero-order chi connectivity index (χ0) is 17.0. The Morgan fingerprint density at radius 3 is 1.96 bits per heavy atom. The fourth-order valence-electron chi connectivity index (χ4n) is 1.84. The Hall–Kier alpha value is -2.83. The first-order valence-corrected chi connectivity index (χ1v) is 6.62. The van der Waals surface area contributed by atoms with Gasteiger partial charge in [0.25, 0.3) is 0 Å². The van der Waals surface area contributed by atoms with Crippen LogP contribution in [0.5, 0.6) is 0 Å². The van der Waals surface area contributed by atoms with Crippen LogP contribution in [0.15, 0.2) is 48.5 Å². The first-order valence-electron chi connectivity index (χ1n) is 6.62. The standard InChI is InChI=1S/C16H13F3N2O2/c1-10-3-2-4-13(9-10)21-15(23)14(22)20-12-7-5-11(6-8-12)16(17,18)19/h2-9H,1H3,(H,20,22)(H,21,23). The second kappa shape index (κ2) is 6.51. The van der Waals surface area contributed by atoms with Crippen molar-refractivity contribution in [2.24, 2.45) is 0 Å². The van der Waals surface area contributed by atoms with E-state index in [1.807, 2.05) is 13.0 Å². The molecule has 120 valence electrons. The second-order valence-corrected chi connectivity index (χ2v) is 4.85. The van der Waals surface area contributed by atoms with Gasteiger partial charge in [0, 0.05) is 11.4 Å². The van der Waals surface area contributed by atoms with Crippen molar-refractivity contribution in [3.8, 4) is 0 Å². The van der Waals surface area contributed by atoms with Gasteiger partial charge < -0.3 is 10.6 Å². The summed E-state index contributed by atoms with van der Waals surface area (Å²) in [5.74, 6) is -1.87. The second-order valence-electron chi connectivity index (χ2n) is 4.85. The quantitative estimate of drug-likeness (QED) is 0.830. The summed E-state index contributed by atoms with van der Waals surface area (Å²) in [6.45, 7) is 1.83. The monoisotopic (exact) mass is 322 g/mol. The number of hydrogen-bond acceptors (Lipinski definition) is 2. The van der Waals surface area contributed by atoms with Crippen LogP contribution in [0.1, 0.15) is 11.1 Å². The fraction of sp³-hybridized carbons (Fsp3) is 0.125. The Bertz CT molecular complexity index is 725. The number of nitrogens with one attached hydrogen (secondary N) is 2. The summed E-state index contributed by atoms with van der Waals surface area (Å²) < 4.78 is 37.3. The van der Waals surface area contributed by atoms with E-state index in [9.17, 15) is 22.8 Å². The maximum atomic E-state index is 12.4. The first kappa shape index (κ1) is 16.5. The molecule has 2 N–H and O–H groups in total. The molecule has 0 spiro atoms. The molecule has 0 aliphatic carbocycles. The van der Waals surface area contributed by atoms with E-state index in [0.29, 0.717) is 5.69 Å². The van der Waals surface area contributed by atoms with E-state index in [0.717, 1.165) is 29.8 Å². The highest BCUT2D eigenvalue weighted by molar-refractivity contribution is 6.43. The highest BCUT2D eigenvalue weighted by Gasteiger charge is 2.30. The minimum absolute atomic E-state index is 0.0994. The average Bonchev–Trinajstić information content (AvgIpc) is 2.46. The van der Waals surface area contributed by atoms with Crippen LogP contribution in [0.25, 0.3) is 0 Å². The van der Waals surface area contributed by atoms with Gasteiger partial charge >= 0.3 is 18.0 Å². The smallest absolute Gasteiger partial charge is 0.318 e. The highest BCUT2D eigenvalue weighted by atomic mass is 19.4. The molecule has 0 radical (unpaired) electrons. The highest BCUT2D eigenvalue weighted by Crippen LogP contribution is 2.29. The third kappa shape index (κ3) is 4.57. The lowest BCUT2D eigenvalue weighted by molar-refractivity contribution is -0.137. The number of carbonyl (C=O) groups excluding carboxylic acids is 2. The van der Waals surface area contributed by atoms with Crippen LogP contribution in [-0.2, 0) is 15.8 Å². The Morgan fingerprint density at radius 2 is 1.43 bits per heavy atom. The van der Waals surface area contributed by atoms with Crippen LogP contribution < -0.4 is 10.6 Å². The summed E-state index contributed by atoms with van der Waals surface area (Å²) in [5.41, 5.74) is 0.630. The Kier molecular flexibility index (Phi) is 4.68. The van der Waals surface area contributed by atoms with Crippen LogP contribution >= 0.6 is 0 Å². The van der Waals surface area contributed by atoms with Crippen molar-refractivity contribution in [3.63, 3.8) is 0 Å². The molecule has 23 heavy (non-hydrogen) atoms. The van der Waals surface area contributed by atoms with Gasteiger partial charge in [-0.25, -0.2) is 0 Å². The van der Waals surface area contributed by atoms with Gasteiger partial charge in [-0.2, -0.15) is 13.2 Å². The minimum Gasteiger partial charge on any atom is -0.318 e. The van der Waals surface area contributed by atoms with E-state index in [4.69, 9.17) is 0 Å². The van der Waals surface area contributed by atoms with Crippen molar-refractivity contribution in [1.29, 1.82) is 0 Å². The normalized spacial score (nSPS) is 11.0. The van der Waals surface area contributed by atoms with Crippen molar-refractivity contribution in [2.45, 2.75) is 13.1 Å². The van der Waals surface area contributed by atoms with E-state index >= 15 is 0 Å². The molecule has 0 atom stereocenters. The van der Waals surface area contributed by atoms with Crippen LogP contribution in [0.4, 0.5) is 24.5 Å². The van der Waals surface area contributed by atoms with E-state index in [-0.39, 0.29) is 5.69 Å². The molecule has 4 nitrogen and oxygen atoms in total. The predicted molar refractivity (Wildman–Crippen MR) is 79.9 cm³/mol. The number of halogens is 3. The lowest BCUT2D eigenvalue weighted by Crippen LogP contribution is -2.29. The third-order valence-electron chi connectivity index (χ3n) is 2.95. The lowest BCUT2D eigenvalue weighted by Gasteiger charge is -2.09. The van der Waals surface area contributed by atoms with Gasteiger partial charge in [-0.15, -0.1) is 0 Å². The predicted octanol–water partition coefficient (Wildman–Crippen LogP) is 3.59. The molecule has 7 heteroatoms. The number of hydrogen-bond donors (Lipinski definition) is 2. The number of anilines is 2. The molecule has 2 aromatic carbocycles. The lowest BCUT2D eigenvalue weighted by atomic mass is 10.2. The summed E-state index contributed by atoms with van der Waals surface area (Å²) in [4.78, 5) is 23.5. The van der Waals surface area contributed by atoms with E-state index in [1.165, 1.54) is 0 Å². The van der Waals surface area contributed by atoms with Gasteiger partial charge in [0.1, 0.15) is 0 Å². The Labute approximate surface area is 130 Å². The molecule has 0 saturated carbocycles. The van der Waals surface area contributed by atoms with E-state index in [1.54, 1.807) is 18.2 Å². The van der Waals surface area contributed by atoms with Gasteiger partial charge in [0.05, 0.1) is 5.56 Å². The van der Waals surface area contributed by atoms with Crippen molar-refractivity contribution < 1.29 is 22.8 Å². The summed E-state index contributed by atoms with van der Waals surface area (Å²) >= 11 is 0. The maximum absolute atomic E-state index is 12.4. The van der Waals surface area contributed by atoms with Gasteiger partial charge in [0.15, 0.2) is 0 Å². The van der Waals surface area contributed by atoms with Gasteiger partial charge in [-0.1, -0.05) is 12.1 Å². The molecule has 0 saturated heterocycles. The molecule has 0 unspecified atom stereocenters. The van der Waals surface area contributed by atoms with Crippen LogP contribution in [0, 0.1) is 6.92 Å². The number of alkyl halides is 3. The summed E-state index contributed by atoms with van der Waals surface area (Å²) in [5, 5.41) is 4.64. The van der Waals surface area contributed by atoms with Crippen LogP contribution in [-0.4, -0.2) is 11.8 Å². The van der Waals surface area contributed by atoms with Gasteiger partial charge in [-0.3, -0.25) is 9.59 Å². The molecule has 0 aliphatic rings. The first-order chi connectivity index (χ1) is 10.8. The zero-order valence-corrected chi connectivity index (χ0v) is 12.1. The average molecular weight is 322 g/mol. The van der Waals surface area contributed by atoms with Crippen molar-refractivity contribution >= 4 is 23.2 Å². The molecule has 2 amide bonds. The molecule has 0 aliphatic heterocycles. The third-order valence-corrected chi connectivity index (χ3v) is 2.95. The Balaban J connectivity index is 2.00. The number of carbonyl (C=O) groups is 2. The van der Waals surface area contributed by atoms with Crippen LogP contribution in [0.2, 0.25) is 0 Å². The zero-order valence-electron chi connectivity index (χ0n) is 12.1. The van der Waals surface area contributed by atoms with Crippen molar-refractivity contribution in [3.05, 3.63) is 59.7 Å². The van der Waals surface area contributed by atoms with E-state index in [2.05, 4.69) is 10.6 Å². The largest absolute Gasteiger partial charge is 0.416 e. The molecule has 0 aromatic heterocycles. The van der Waals surface area contributed by atoms with Gasteiger partial charge in [0.2, 0.25) is 0 Å². The van der Waals surface area contributed by atoms with Crippen molar-refractivity contribution in [1.82, 2.24) is 0 Å². The fourth-order valence-corrected chi connectivity index (χ4v) is 1.84. The molecule has 2 aromatic rings. The Morgan fingerprint density at radius 1 is 0.870 bits per heavy atom. The van der Waals surface area contributed by atoms with Gasteiger partial charge in [-0.05, 0) is 48.9 Å². The molecule has 0 bridgehead atoms. The number of benzene rings is 2. The van der Waals surface area contributed by atoms with E-state index < -0.39 is 23.6 Å². The summed E-state index contributed by atoms with van der Waals surface area (Å²) in [7, 11) is 0.